The molecule has 0 aliphatic heterocycles. The van der Waals surface area contributed by atoms with E-state index in [4.69, 9.17) is 11.6 Å². The number of nitrogens with zero attached hydrogens (tertiary/aromatic N) is 1. The molecule has 0 bridgehead atoms. The van der Waals surface area contributed by atoms with E-state index in [-0.39, 0.29) is 24.8 Å². The molecule has 0 aromatic heterocycles. The number of hydrogen-bond acceptors (Lipinski definition) is 1. The molecular weight excluding hydrogens is 240 g/mol. The highest BCUT2D eigenvalue weighted by atomic mass is 35.5. The van der Waals surface area contributed by atoms with Gasteiger partial charge in [0.1, 0.15) is 0 Å². The molecule has 0 aliphatic carbocycles. The smallest absolute Gasteiger partial charge is 0.0351 e. The van der Waals surface area contributed by atoms with Crippen LogP contribution >= 0.6 is 36.4 Å². The molecule has 0 aliphatic rings. The number of hydrogen-bond donors (Lipinski definition) is 0. The monoisotopic (exact) mass is 255 g/mol. The zero-order valence-corrected chi connectivity index (χ0v) is 10.5. The molecule has 0 unspecified atom stereocenters. The van der Waals surface area contributed by atoms with Crippen LogP contribution in [0.3, 0.4) is 0 Å². The van der Waals surface area contributed by atoms with Crippen LogP contribution in [-0.2, 0) is 6.54 Å². The van der Waals surface area contributed by atoms with Crippen LogP contribution in [0.15, 0.2) is 30.3 Å². The molecule has 0 amide bonds. The summed E-state index contributed by atoms with van der Waals surface area (Å²) in [6, 6.07) is 10.4. The summed E-state index contributed by atoms with van der Waals surface area (Å²) in [5, 5.41) is 0. The van der Waals surface area contributed by atoms with E-state index in [0.29, 0.717) is 5.88 Å². The van der Waals surface area contributed by atoms with E-state index >= 15 is 0 Å². The van der Waals surface area contributed by atoms with Crippen molar-refractivity contribution in [2.45, 2.75) is 6.54 Å². The molecule has 1 aromatic carbocycles. The van der Waals surface area contributed by atoms with Crippen LogP contribution in [0.1, 0.15) is 5.56 Å². The summed E-state index contributed by atoms with van der Waals surface area (Å²) in [7, 11) is 2.08. The lowest BCUT2D eigenvalue weighted by Crippen LogP contribution is -2.19. The van der Waals surface area contributed by atoms with Gasteiger partial charge in [0.05, 0.1) is 0 Å². The summed E-state index contributed by atoms with van der Waals surface area (Å²) >= 11 is 5.62. The van der Waals surface area contributed by atoms with E-state index in [1.165, 1.54) is 5.56 Å². The Bertz CT molecular complexity index is 216. The van der Waals surface area contributed by atoms with E-state index in [9.17, 15) is 0 Å². The van der Waals surface area contributed by atoms with Gasteiger partial charge in [-0.15, -0.1) is 36.4 Å². The second-order valence-corrected chi connectivity index (χ2v) is 3.29. The molecule has 0 saturated carbocycles. The summed E-state index contributed by atoms with van der Waals surface area (Å²) in [5.41, 5.74) is 1.34. The van der Waals surface area contributed by atoms with E-state index < -0.39 is 0 Å². The van der Waals surface area contributed by atoms with Crippen LogP contribution in [0.4, 0.5) is 0 Å². The zero-order chi connectivity index (χ0) is 8.81. The molecular formula is C10H16Cl3N. The highest BCUT2D eigenvalue weighted by molar-refractivity contribution is 6.18. The second-order valence-electron chi connectivity index (χ2n) is 2.91. The Balaban J connectivity index is 0. The van der Waals surface area contributed by atoms with Gasteiger partial charge in [-0.3, -0.25) is 0 Å². The average molecular weight is 257 g/mol. The molecule has 0 heterocycles. The van der Waals surface area contributed by atoms with Crippen molar-refractivity contribution < 1.29 is 0 Å². The van der Waals surface area contributed by atoms with Gasteiger partial charge in [-0.05, 0) is 12.6 Å². The van der Waals surface area contributed by atoms with Gasteiger partial charge >= 0.3 is 0 Å². The maximum atomic E-state index is 5.62. The minimum absolute atomic E-state index is 0. The summed E-state index contributed by atoms with van der Waals surface area (Å²) in [5.74, 6) is 0.698. The fourth-order valence-corrected chi connectivity index (χ4v) is 1.41. The lowest BCUT2D eigenvalue weighted by Gasteiger charge is -2.14. The molecule has 14 heavy (non-hydrogen) atoms. The maximum Gasteiger partial charge on any atom is 0.0351 e. The maximum absolute atomic E-state index is 5.62. The third-order valence-electron chi connectivity index (χ3n) is 1.76. The predicted molar refractivity (Wildman–Crippen MR) is 68.0 cm³/mol. The van der Waals surface area contributed by atoms with Crippen molar-refractivity contribution in [3.63, 3.8) is 0 Å². The quantitative estimate of drug-likeness (QED) is 0.748. The zero-order valence-electron chi connectivity index (χ0n) is 8.15. The SMILES string of the molecule is CN(CCCl)Cc1ccccc1.Cl.Cl. The first-order valence-corrected chi connectivity index (χ1v) is 4.65. The van der Waals surface area contributed by atoms with Crippen LogP contribution in [-0.4, -0.2) is 24.4 Å². The number of rotatable bonds is 4. The van der Waals surface area contributed by atoms with Gasteiger partial charge in [0, 0.05) is 19.0 Å². The Morgan fingerprint density at radius 3 is 2.21 bits per heavy atom. The standard InChI is InChI=1S/C10H14ClN.2ClH/c1-12(8-7-11)9-10-5-3-2-4-6-10;;/h2-6H,7-9H2,1H3;2*1H. The van der Waals surface area contributed by atoms with Gasteiger partial charge in [0.25, 0.3) is 0 Å². The van der Waals surface area contributed by atoms with Gasteiger partial charge in [-0.1, -0.05) is 30.3 Å². The van der Waals surface area contributed by atoms with Gasteiger partial charge in [-0.2, -0.15) is 0 Å². The van der Waals surface area contributed by atoms with E-state index in [1.807, 2.05) is 6.07 Å². The average Bonchev–Trinajstić information content (AvgIpc) is 2.06. The van der Waals surface area contributed by atoms with Crippen molar-refractivity contribution in [2.24, 2.45) is 0 Å². The lowest BCUT2D eigenvalue weighted by atomic mass is 10.2. The molecule has 4 heteroatoms. The molecule has 0 fully saturated rings. The third-order valence-corrected chi connectivity index (χ3v) is 1.93. The van der Waals surface area contributed by atoms with E-state index in [2.05, 4.69) is 36.2 Å². The molecule has 82 valence electrons. The van der Waals surface area contributed by atoms with Gasteiger partial charge in [0.15, 0.2) is 0 Å². The van der Waals surface area contributed by atoms with Gasteiger partial charge < -0.3 is 4.90 Å². The van der Waals surface area contributed by atoms with E-state index in [1.54, 1.807) is 0 Å². The molecule has 1 nitrogen and oxygen atoms in total. The van der Waals surface area contributed by atoms with Crippen molar-refractivity contribution in [3.05, 3.63) is 35.9 Å². The largest absolute Gasteiger partial charge is 0.301 e. The van der Waals surface area contributed by atoms with Gasteiger partial charge in [-0.25, -0.2) is 0 Å². The first-order valence-electron chi connectivity index (χ1n) is 4.11. The van der Waals surface area contributed by atoms with Crippen molar-refractivity contribution in [1.29, 1.82) is 0 Å². The first-order chi connectivity index (χ1) is 5.83. The van der Waals surface area contributed by atoms with Gasteiger partial charge in [0.2, 0.25) is 0 Å². The molecule has 1 rings (SSSR count). The minimum Gasteiger partial charge on any atom is -0.301 e. The summed E-state index contributed by atoms with van der Waals surface area (Å²) in [6.45, 7) is 1.92. The van der Waals surface area contributed by atoms with Crippen LogP contribution < -0.4 is 0 Å². The van der Waals surface area contributed by atoms with Crippen LogP contribution in [0.5, 0.6) is 0 Å². The lowest BCUT2D eigenvalue weighted by molar-refractivity contribution is 0.348. The Kier molecular flexibility index (Phi) is 11.3. The topological polar surface area (TPSA) is 3.24 Å². The third kappa shape index (κ3) is 6.50. The van der Waals surface area contributed by atoms with Crippen molar-refractivity contribution >= 4 is 36.4 Å². The Morgan fingerprint density at radius 2 is 1.71 bits per heavy atom. The highest BCUT2D eigenvalue weighted by Crippen LogP contribution is 2.01. The summed E-state index contributed by atoms with van der Waals surface area (Å²) in [4.78, 5) is 2.21. The van der Waals surface area contributed by atoms with Crippen molar-refractivity contribution in [2.75, 3.05) is 19.5 Å². The molecule has 0 radical (unpaired) electrons. The Morgan fingerprint density at radius 1 is 1.14 bits per heavy atom. The van der Waals surface area contributed by atoms with Crippen LogP contribution in [0, 0.1) is 0 Å². The number of alkyl halides is 1. The van der Waals surface area contributed by atoms with E-state index in [0.717, 1.165) is 13.1 Å². The van der Waals surface area contributed by atoms with Crippen LogP contribution in [0.25, 0.3) is 0 Å². The molecule has 0 spiro atoms. The fraction of sp³-hybridized carbons (Fsp3) is 0.400. The Hall–Kier alpha value is 0.0500. The minimum atomic E-state index is 0. The first kappa shape index (κ1) is 16.5. The Labute approximate surface area is 103 Å². The summed E-state index contributed by atoms with van der Waals surface area (Å²) in [6.07, 6.45) is 0. The molecule has 0 saturated heterocycles. The fourth-order valence-electron chi connectivity index (χ4n) is 1.12. The number of halogens is 3. The van der Waals surface area contributed by atoms with Crippen molar-refractivity contribution in [3.8, 4) is 0 Å². The molecule has 1 aromatic rings. The predicted octanol–water partition coefficient (Wildman–Crippen LogP) is 3.20. The molecule has 0 atom stereocenters. The van der Waals surface area contributed by atoms with Crippen molar-refractivity contribution in [1.82, 2.24) is 4.90 Å². The van der Waals surface area contributed by atoms with Crippen LogP contribution in [0.2, 0.25) is 0 Å². The second kappa shape index (κ2) is 9.60. The summed E-state index contributed by atoms with van der Waals surface area (Å²) < 4.78 is 0. The molecule has 0 N–H and O–H groups in total. The normalized spacial score (nSPS) is 9.07. The highest BCUT2D eigenvalue weighted by Gasteiger charge is 1.97. The number of benzene rings is 1.